The van der Waals surface area contributed by atoms with E-state index in [1.165, 1.54) is 63.3 Å². The fourth-order valence-corrected chi connectivity index (χ4v) is 8.40. The molecule has 11 nitrogen and oxygen atoms in total. The molecule has 0 saturated heterocycles. The molecule has 0 aliphatic carbocycles. The average molecular weight is 766 g/mol. The molecule has 3 N–H and O–H groups in total. The largest absolute Gasteiger partial charge is 0.308 e. The van der Waals surface area contributed by atoms with Crippen molar-refractivity contribution >= 4 is 53.8 Å². The Hall–Kier alpha value is -4.02. The zero-order valence-electron chi connectivity index (χ0n) is 30.5. The van der Waals surface area contributed by atoms with Crippen LogP contribution in [0.3, 0.4) is 0 Å². The maximum Gasteiger partial charge on any atom is 0.247 e. The van der Waals surface area contributed by atoms with Gasteiger partial charge in [-0.25, -0.2) is 30.6 Å². The summed E-state index contributed by atoms with van der Waals surface area (Å²) >= 11 is 1.32. The molecule has 4 rings (SSSR count). The van der Waals surface area contributed by atoms with E-state index < -0.39 is 57.5 Å². The Morgan fingerprint density at radius 2 is 1.31 bits per heavy atom. The molecule has 0 unspecified atom stereocenters. The minimum Gasteiger partial charge on any atom is -0.308 e. The van der Waals surface area contributed by atoms with E-state index in [1.54, 1.807) is 6.07 Å². The molecule has 4 aromatic rings. The first kappa shape index (κ1) is 41.4. The molecule has 278 valence electrons. The van der Waals surface area contributed by atoms with E-state index >= 15 is 0 Å². The first-order valence-electron chi connectivity index (χ1n) is 15.8. The van der Waals surface area contributed by atoms with Crippen LogP contribution in [0.1, 0.15) is 85.5 Å². The van der Waals surface area contributed by atoms with Crippen LogP contribution < -0.4 is 10.6 Å². The van der Waals surface area contributed by atoms with Crippen molar-refractivity contribution in [3.05, 3.63) is 82.5 Å². The fraction of sp³-hybridized carbons (Fsp3) is 0.429. The van der Waals surface area contributed by atoms with Crippen molar-refractivity contribution in [2.45, 2.75) is 106 Å². The molecule has 2 heterocycles. The third-order valence-corrected chi connectivity index (χ3v) is 14.3. The van der Waals surface area contributed by atoms with Gasteiger partial charge < -0.3 is 10.6 Å². The van der Waals surface area contributed by atoms with Crippen LogP contribution >= 0.6 is 11.3 Å². The average Bonchev–Trinajstić information content (AvgIpc) is 3.63. The number of anilines is 2. The van der Waals surface area contributed by atoms with E-state index in [2.05, 4.69) is 25.8 Å². The molecule has 2 amide bonds. The van der Waals surface area contributed by atoms with Crippen LogP contribution in [0.5, 0.6) is 0 Å². The minimum atomic E-state index is -4.24. The van der Waals surface area contributed by atoms with E-state index in [4.69, 9.17) is 0 Å². The van der Waals surface area contributed by atoms with Gasteiger partial charge in [0.2, 0.25) is 11.8 Å². The number of rotatable bonds is 8. The highest BCUT2D eigenvalue weighted by Gasteiger charge is 2.45. The van der Waals surface area contributed by atoms with E-state index in [-0.39, 0.29) is 21.5 Å². The van der Waals surface area contributed by atoms with Crippen LogP contribution in [0.2, 0.25) is 0 Å². The van der Waals surface area contributed by atoms with Gasteiger partial charge in [-0.3, -0.25) is 14.7 Å². The van der Waals surface area contributed by atoms with Crippen LogP contribution in [0.15, 0.2) is 64.4 Å². The molecule has 0 atom stereocenters. The molecule has 0 aliphatic heterocycles. The van der Waals surface area contributed by atoms with Gasteiger partial charge in [0.25, 0.3) is 0 Å². The first-order valence-corrected chi connectivity index (χ1v) is 19.6. The molecule has 0 spiro atoms. The molecule has 2 aromatic heterocycles. The molecule has 2 aromatic carbocycles. The van der Waals surface area contributed by atoms with Crippen molar-refractivity contribution in [2.75, 3.05) is 10.6 Å². The van der Waals surface area contributed by atoms with Crippen LogP contribution in [0, 0.1) is 18.6 Å². The number of sulfone groups is 2. The summed E-state index contributed by atoms with van der Waals surface area (Å²) in [5.41, 5.74) is 1.25. The maximum absolute atomic E-state index is 13.9. The molecule has 0 radical (unpaired) electrons. The lowest BCUT2D eigenvalue weighted by molar-refractivity contribution is -0.118. The summed E-state index contributed by atoms with van der Waals surface area (Å²) in [4.78, 5) is 29.9. The second-order valence-corrected chi connectivity index (χ2v) is 20.9. The van der Waals surface area contributed by atoms with Gasteiger partial charge in [-0.15, -0.1) is 11.3 Å². The topological polar surface area (TPSA) is 168 Å². The highest BCUT2D eigenvalue weighted by Crippen LogP contribution is 2.35. The lowest BCUT2D eigenvalue weighted by atomic mass is 9.92. The first-order chi connectivity index (χ1) is 23.1. The number of benzene rings is 2. The van der Waals surface area contributed by atoms with Gasteiger partial charge in [0, 0.05) is 22.1 Å². The summed E-state index contributed by atoms with van der Waals surface area (Å²) in [6, 6.07) is 11.3. The summed E-state index contributed by atoms with van der Waals surface area (Å²) in [6.45, 7) is 19.0. The second kappa shape index (κ2) is 14.5. The summed E-state index contributed by atoms with van der Waals surface area (Å²) in [7, 11) is -8.32. The summed E-state index contributed by atoms with van der Waals surface area (Å²) in [5, 5.41) is 12.2. The number of nitrogens with zero attached hydrogens (tertiary/aromatic N) is 2. The number of nitrogens with one attached hydrogen (secondary N) is 3. The maximum atomic E-state index is 13.9. The Labute approximate surface area is 302 Å². The Morgan fingerprint density at radius 3 is 1.82 bits per heavy atom. The monoisotopic (exact) mass is 765 g/mol. The molecule has 0 fully saturated rings. The Kier molecular flexibility index (Phi) is 11.8. The van der Waals surface area contributed by atoms with Crippen LogP contribution in [-0.2, 0) is 40.1 Å². The van der Waals surface area contributed by atoms with Gasteiger partial charge in [0.1, 0.15) is 26.0 Å². The van der Waals surface area contributed by atoms with Crippen molar-refractivity contribution in [1.29, 1.82) is 0 Å². The Bertz CT molecular complexity index is 2140. The number of halogens is 2. The van der Waals surface area contributed by atoms with Crippen molar-refractivity contribution in [2.24, 2.45) is 0 Å². The van der Waals surface area contributed by atoms with Gasteiger partial charge in [-0.2, -0.15) is 5.10 Å². The van der Waals surface area contributed by atoms with Gasteiger partial charge in [-0.05, 0) is 70.4 Å². The van der Waals surface area contributed by atoms with E-state index in [9.17, 15) is 35.2 Å². The molecular weight excluding hydrogens is 721 g/mol. The van der Waals surface area contributed by atoms with Gasteiger partial charge in [0.15, 0.2) is 30.6 Å². The third kappa shape index (κ3) is 8.90. The molecule has 0 aliphatic rings. The van der Waals surface area contributed by atoms with Gasteiger partial charge >= 0.3 is 0 Å². The zero-order chi connectivity index (χ0) is 39.0. The second-order valence-electron chi connectivity index (χ2n) is 14.9. The number of carbonyl (C=O) groups is 2. The fourth-order valence-electron chi connectivity index (χ4n) is 4.54. The van der Waals surface area contributed by atoms with Crippen LogP contribution in [-0.4, -0.2) is 53.3 Å². The van der Waals surface area contributed by atoms with E-state index in [0.717, 1.165) is 40.5 Å². The van der Waals surface area contributed by atoms with Gasteiger partial charge in [0.05, 0.1) is 10.6 Å². The lowest BCUT2D eigenvalue weighted by Crippen LogP contribution is -2.44. The number of H-pyrrole nitrogens is 1. The van der Waals surface area contributed by atoms with E-state index in [0.29, 0.717) is 5.13 Å². The van der Waals surface area contributed by atoms with Crippen LogP contribution in [0.4, 0.5) is 19.7 Å². The van der Waals surface area contributed by atoms with Crippen molar-refractivity contribution in [3.8, 4) is 0 Å². The Balaban J connectivity index is 0.000000276. The standard InChI is InChI=1S/C18H23FN2O3S2.C17H22FN3O3S/c1-11-14(17(2,3)4)25-16(20-11)21-15(22)18(5,6)26(23,24)13-9-7-8-12(19)10-13;1-16(2,3)13-10-14(21-20-13)19-15(22)17(4,5)25(23,24)12-9-7-6-8-11(12)18/h7-10H,1-6H3,(H,20,21,22);6-10H,1-5H3,(H2,19,20,21,22). The van der Waals surface area contributed by atoms with Crippen molar-refractivity contribution in [3.63, 3.8) is 0 Å². The number of amides is 2. The Morgan fingerprint density at radius 1 is 0.745 bits per heavy atom. The smallest absolute Gasteiger partial charge is 0.247 e. The highest BCUT2D eigenvalue weighted by molar-refractivity contribution is 7.94. The molecular formula is C35H45F2N5O6S3. The summed E-state index contributed by atoms with van der Waals surface area (Å²) in [5.74, 6) is -2.85. The molecule has 51 heavy (non-hydrogen) atoms. The number of hydrogen-bond acceptors (Lipinski definition) is 9. The minimum absolute atomic E-state index is 0.131. The molecule has 16 heteroatoms. The number of thiazole rings is 1. The lowest BCUT2D eigenvalue weighted by Gasteiger charge is -2.23. The number of carbonyl (C=O) groups excluding carboxylic acids is 2. The zero-order valence-corrected chi connectivity index (χ0v) is 33.0. The summed E-state index contributed by atoms with van der Waals surface area (Å²) < 4.78 is 74.8. The molecule has 0 saturated carbocycles. The highest BCUT2D eigenvalue weighted by atomic mass is 32.2. The number of aromatic amines is 1. The predicted octanol–water partition coefficient (Wildman–Crippen LogP) is 7.12. The predicted molar refractivity (Wildman–Crippen MR) is 195 cm³/mol. The van der Waals surface area contributed by atoms with Crippen LogP contribution in [0.25, 0.3) is 0 Å². The molecule has 0 bridgehead atoms. The van der Waals surface area contributed by atoms with Crippen molar-refractivity contribution in [1.82, 2.24) is 15.2 Å². The normalized spacial score (nSPS) is 12.9. The van der Waals surface area contributed by atoms with Crippen molar-refractivity contribution < 1.29 is 35.2 Å². The van der Waals surface area contributed by atoms with Gasteiger partial charge in [-0.1, -0.05) is 59.7 Å². The third-order valence-electron chi connectivity index (χ3n) is 8.00. The number of aromatic nitrogens is 3. The quantitative estimate of drug-likeness (QED) is 0.171. The number of aryl methyl sites for hydroxylation is 1. The number of hydrogen-bond donors (Lipinski definition) is 3. The SMILES string of the molecule is CC(C)(C)c1cc(NC(=O)C(C)(C)S(=O)(=O)c2ccccc2F)n[nH]1.Cc1nc(NC(=O)C(C)(C)S(=O)(=O)c2cccc(F)c2)sc1C(C)(C)C. The van der Waals surface area contributed by atoms with E-state index in [1.807, 2.05) is 48.5 Å². The summed E-state index contributed by atoms with van der Waals surface area (Å²) in [6.07, 6.45) is 0.